The van der Waals surface area contributed by atoms with E-state index in [1.807, 2.05) is 0 Å². The van der Waals surface area contributed by atoms with E-state index < -0.39 is 24.3 Å². The summed E-state index contributed by atoms with van der Waals surface area (Å²) < 4.78 is 49.2. The maximum Gasteiger partial charge on any atom is 0.383 e. The SMILES string of the molecule is CN(C(=O)C(F)(F)C(F)F)C1CCNC1. The summed E-state index contributed by atoms with van der Waals surface area (Å²) in [6, 6.07) is -0.429. The van der Waals surface area contributed by atoms with Crippen molar-refractivity contribution in [2.24, 2.45) is 0 Å². The molecule has 0 spiro atoms. The van der Waals surface area contributed by atoms with Crippen molar-refractivity contribution in [1.82, 2.24) is 10.2 Å². The summed E-state index contributed by atoms with van der Waals surface area (Å²) >= 11 is 0. The van der Waals surface area contributed by atoms with E-state index in [4.69, 9.17) is 0 Å². The fourth-order valence-electron chi connectivity index (χ4n) is 1.46. The predicted molar refractivity (Wildman–Crippen MR) is 45.0 cm³/mol. The Labute approximate surface area is 84.4 Å². The van der Waals surface area contributed by atoms with Crippen LogP contribution in [0.5, 0.6) is 0 Å². The summed E-state index contributed by atoms with van der Waals surface area (Å²) in [6.07, 6.45) is -3.46. The first-order valence-electron chi connectivity index (χ1n) is 4.51. The molecule has 0 aromatic rings. The third kappa shape index (κ3) is 2.39. The number of hydrogen-bond donors (Lipinski definition) is 1. The maximum absolute atomic E-state index is 12.7. The van der Waals surface area contributed by atoms with Gasteiger partial charge in [-0.05, 0) is 13.0 Å². The maximum atomic E-state index is 12.7. The highest BCUT2D eigenvalue weighted by molar-refractivity contribution is 5.84. The summed E-state index contributed by atoms with van der Waals surface area (Å²) in [5.41, 5.74) is 0. The minimum absolute atomic E-state index is 0.363. The largest absolute Gasteiger partial charge is 0.383 e. The van der Waals surface area contributed by atoms with Gasteiger partial charge in [0.1, 0.15) is 0 Å². The lowest BCUT2D eigenvalue weighted by molar-refractivity contribution is -0.181. The van der Waals surface area contributed by atoms with Crippen LogP contribution >= 0.6 is 0 Å². The fraction of sp³-hybridized carbons (Fsp3) is 0.875. The Morgan fingerprint density at radius 2 is 2.13 bits per heavy atom. The zero-order valence-electron chi connectivity index (χ0n) is 8.14. The Kier molecular flexibility index (Phi) is 3.54. The number of carbonyl (C=O) groups excluding carboxylic acids is 1. The van der Waals surface area contributed by atoms with Crippen molar-refractivity contribution in [1.29, 1.82) is 0 Å². The second-order valence-electron chi connectivity index (χ2n) is 3.49. The van der Waals surface area contributed by atoms with Crippen LogP contribution in [0.4, 0.5) is 17.6 Å². The summed E-state index contributed by atoms with van der Waals surface area (Å²) in [7, 11) is 1.12. The second-order valence-corrected chi connectivity index (χ2v) is 3.49. The lowest BCUT2D eigenvalue weighted by Crippen LogP contribution is -2.50. The molecule has 1 saturated heterocycles. The van der Waals surface area contributed by atoms with E-state index in [1.165, 1.54) is 0 Å². The number of hydrogen-bond acceptors (Lipinski definition) is 2. The molecule has 1 aliphatic heterocycles. The number of carbonyl (C=O) groups is 1. The van der Waals surface area contributed by atoms with Gasteiger partial charge in [0.25, 0.3) is 5.91 Å². The van der Waals surface area contributed by atoms with Crippen LogP contribution in [0.3, 0.4) is 0 Å². The average molecular weight is 228 g/mol. The Balaban J connectivity index is 2.66. The van der Waals surface area contributed by atoms with Gasteiger partial charge in [-0.2, -0.15) is 8.78 Å². The van der Waals surface area contributed by atoms with Crippen LogP contribution in [0.25, 0.3) is 0 Å². The quantitative estimate of drug-likeness (QED) is 0.721. The van der Waals surface area contributed by atoms with E-state index in [0.717, 1.165) is 7.05 Å². The number of likely N-dealkylation sites (N-methyl/N-ethyl adjacent to an activating group) is 1. The van der Waals surface area contributed by atoms with Crippen molar-refractivity contribution in [3.63, 3.8) is 0 Å². The summed E-state index contributed by atoms with van der Waals surface area (Å²) in [5.74, 6) is -6.40. The van der Waals surface area contributed by atoms with Gasteiger partial charge in [0.15, 0.2) is 0 Å². The molecule has 0 bridgehead atoms. The number of amides is 1. The number of rotatable bonds is 3. The third-order valence-corrected chi connectivity index (χ3v) is 2.46. The van der Waals surface area contributed by atoms with E-state index in [9.17, 15) is 22.4 Å². The molecular weight excluding hydrogens is 216 g/mol. The molecule has 1 unspecified atom stereocenters. The molecule has 1 N–H and O–H groups in total. The molecule has 0 saturated carbocycles. The van der Waals surface area contributed by atoms with Crippen LogP contribution in [-0.2, 0) is 4.79 Å². The van der Waals surface area contributed by atoms with Crippen molar-refractivity contribution in [2.75, 3.05) is 20.1 Å². The predicted octanol–water partition coefficient (Wildman–Crippen LogP) is 0.707. The highest BCUT2D eigenvalue weighted by Crippen LogP contribution is 2.26. The molecule has 0 aromatic heterocycles. The number of nitrogens with one attached hydrogen (secondary N) is 1. The molecule has 1 heterocycles. The number of nitrogens with zero attached hydrogens (tertiary/aromatic N) is 1. The van der Waals surface area contributed by atoms with Crippen molar-refractivity contribution in [3.05, 3.63) is 0 Å². The van der Waals surface area contributed by atoms with Crippen LogP contribution in [0, 0.1) is 0 Å². The van der Waals surface area contributed by atoms with Crippen molar-refractivity contribution < 1.29 is 22.4 Å². The van der Waals surface area contributed by atoms with Crippen LogP contribution in [0.15, 0.2) is 0 Å². The lowest BCUT2D eigenvalue weighted by Gasteiger charge is -2.27. The molecule has 0 aromatic carbocycles. The van der Waals surface area contributed by atoms with Gasteiger partial charge in [-0.3, -0.25) is 4.79 Å². The molecule has 15 heavy (non-hydrogen) atoms. The Morgan fingerprint density at radius 3 is 2.53 bits per heavy atom. The topological polar surface area (TPSA) is 32.3 Å². The first-order chi connectivity index (χ1) is 6.87. The van der Waals surface area contributed by atoms with E-state index in [0.29, 0.717) is 24.4 Å². The lowest BCUT2D eigenvalue weighted by atomic mass is 10.2. The Bertz CT molecular complexity index is 241. The Hall–Kier alpha value is -0.850. The van der Waals surface area contributed by atoms with Crippen LogP contribution < -0.4 is 5.32 Å². The normalized spacial score (nSPS) is 22.1. The third-order valence-electron chi connectivity index (χ3n) is 2.46. The van der Waals surface area contributed by atoms with E-state index in [1.54, 1.807) is 0 Å². The fourth-order valence-corrected chi connectivity index (χ4v) is 1.46. The molecule has 0 radical (unpaired) electrons. The van der Waals surface area contributed by atoms with Crippen LogP contribution in [0.2, 0.25) is 0 Å². The first kappa shape index (κ1) is 12.2. The van der Waals surface area contributed by atoms with Gasteiger partial charge in [0.2, 0.25) is 0 Å². The van der Waals surface area contributed by atoms with Gasteiger partial charge >= 0.3 is 12.3 Å². The van der Waals surface area contributed by atoms with Crippen molar-refractivity contribution in [2.45, 2.75) is 24.8 Å². The smallest absolute Gasteiger partial charge is 0.336 e. The molecular formula is C8H12F4N2O. The molecule has 1 aliphatic rings. The molecule has 1 amide bonds. The Morgan fingerprint density at radius 1 is 1.53 bits per heavy atom. The number of alkyl halides is 4. The number of halogens is 4. The summed E-state index contributed by atoms with van der Waals surface area (Å²) in [5, 5.41) is 2.86. The van der Waals surface area contributed by atoms with Gasteiger partial charge in [0, 0.05) is 19.6 Å². The standard InChI is InChI=1S/C8H12F4N2O/c1-14(5-2-3-13-4-5)7(15)8(11,12)6(9)10/h5-6,13H,2-4H2,1H3. The van der Waals surface area contributed by atoms with Gasteiger partial charge < -0.3 is 10.2 Å². The molecule has 7 heteroatoms. The zero-order valence-corrected chi connectivity index (χ0v) is 8.14. The molecule has 1 atom stereocenters. The van der Waals surface area contributed by atoms with Gasteiger partial charge in [-0.15, -0.1) is 0 Å². The monoisotopic (exact) mass is 228 g/mol. The van der Waals surface area contributed by atoms with E-state index >= 15 is 0 Å². The minimum atomic E-state index is -4.59. The minimum Gasteiger partial charge on any atom is -0.336 e. The van der Waals surface area contributed by atoms with Crippen molar-refractivity contribution >= 4 is 5.91 Å². The molecule has 0 aliphatic carbocycles. The average Bonchev–Trinajstić information content (AvgIpc) is 2.67. The van der Waals surface area contributed by atoms with E-state index in [-0.39, 0.29) is 0 Å². The molecule has 1 fully saturated rings. The summed E-state index contributed by atoms with van der Waals surface area (Å²) in [6.45, 7) is 0.962. The van der Waals surface area contributed by atoms with Crippen LogP contribution in [0.1, 0.15) is 6.42 Å². The van der Waals surface area contributed by atoms with Crippen molar-refractivity contribution in [3.8, 4) is 0 Å². The van der Waals surface area contributed by atoms with Gasteiger partial charge in [-0.1, -0.05) is 0 Å². The highest BCUT2D eigenvalue weighted by Gasteiger charge is 2.51. The van der Waals surface area contributed by atoms with Gasteiger partial charge in [-0.25, -0.2) is 8.78 Å². The molecule has 88 valence electrons. The first-order valence-corrected chi connectivity index (χ1v) is 4.51. The molecule has 1 rings (SSSR count). The molecule has 3 nitrogen and oxygen atoms in total. The van der Waals surface area contributed by atoms with Crippen LogP contribution in [-0.4, -0.2) is 49.3 Å². The zero-order chi connectivity index (χ0) is 11.6. The second kappa shape index (κ2) is 4.34. The van der Waals surface area contributed by atoms with E-state index in [2.05, 4.69) is 5.32 Å². The van der Waals surface area contributed by atoms with Gasteiger partial charge in [0.05, 0.1) is 0 Å². The highest BCUT2D eigenvalue weighted by atomic mass is 19.3. The summed E-state index contributed by atoms with van der Waals surface area (Å²) in [4.78, 5) is 11.8.